The molecule has 1 aromatic heterocycles. The Kier molecular flexibility index (Phi) is 4.46. The van der Waals surface area contributed by atoms with E-state index >= 15 is 0 Å². The van der Waals surface area contributed by atoms with Crippen molar-refractivity contribution in [1.29, 1.82) is 0 Å². The minimum Gasteiger partial charge on any atom is -0.497 e. The minimum absolute atomic E-state index is 0.113. The molecule has 0 fully saturated rings. The SMILES string of the molecule is COC(=O)c1sc(-c2cc(OC)ccc2OC)nc1Cl. The number of ether oxygens (including phenoxy) is 3. The second-order valence-electron chi connectivity index (χ2n) is 3.70. The Morgan fingerprint density at radius 3 is 2.60 bits per heavy atom. The first-order valence-corrected chi connectivity index (χ1v) is 6.77. The van der Waals surface area contributed by atoms with Crippen molar-refractivity contribution in [3.05, 3.63) is 28.2 Å². The van der Waals surface area contributed by atoms with Crippen LogP contribution in [-0.4, -0.2) is 32.3 Å². The van der Waals surface area contributed by atoms with E-state index in [9.17, 15) is 4.79 Å². The molecule has 0 N–H and O–H groups in total. The quantitative estimate of drug-likeness (QED) is 0.811. The summed E-state index contributed by atoms with van der Waals surface area (Å²) >= 11 is 7.10. The molecule has 5 nitrogen and oxygen atoms in total. The van der Waals surface area contributed by atoms with Crippen LogP contribution in [0.4, 0.5) is 0 Å². The topological polar surface area (TPSA) is 57.7 Å². The molecule has 20 heavy (non-hydrogen) atoms. The van der Waals surface area contributed by atoms with Crippen molar-refractivity contribution < 1.29 is 19.0 Å². The van der Waals surface area contributed by atoms with Crippen LogP contribution in [0.3, 0.4) is 0 Å². The predicted molar refractivity (Wildman–Crippen MR) is 77.0 cm³/mol. The van der Waals surface area contributed by atoms with E-state index in [1.807, 2.05) is 0 Å². The molecule has 7 heteroatoms. The van der Waals surface area contributed by atoms with Gasteiger partial charge in [0.05, 0.1) is 26.9 Å². The monoisotopic (exact) mass is 313 g/mol. The standard InChI is InChI=1S/C13H12ClNO4S/c1-17-7-4-5-9(18-2)8(6-7)12-15-11(14)10(20-12)13(16)19-3/h4-6H,1-3H3. The van der Waals surface area contributed by atoms with Crippen LogP contribution in [-0.2, 0) is 4.74 Å². The van der Waals surface area contributed by atoms with Crippen LogP contribution in [0.2, 0.25) is 5.15 Å². The van der Waals surface area contributed by atoms with Gasteiger partial charge in [-0.1, -0.05) is 11.6 Å². The molecule has 106 valence electrons. The number of thiazole rings is 1. The number of aromatic nitrogens is 1. The van der Waals surface area contributed by atoms with Crippen molar-refractivity contribution >= 4 is 28.9 Å². The van der Waals surface area contributed by atoms with E-state index in [0.29, 0.717) is 22.1 Å². The lowest BCUT2D eigenvalue weighted by molar-refractivity contribution is 0.0606. The summed E-state index contributed by atoms with van der Waals surface area (Å²) in [6, 6.07) is 5.31. The lowest BCUT2D eigenvalue weighted by atomic mass is 10.2. The van der Waals surface area contributed by atoms with Gasteiger partial charge >= 0.3 is 5.97 Å². The van der Waals surface area contributed by atoms with Gasteiger partial charge in [0.2, 0.25) is 0 Å². The Morgan fingerprint density at radius 1 is 1.25 bits per heavy atom. The number of esters is 1. The highest BCUT2D eigenvalue weighted by atomic mass is 35.5. The summed E-state index contributed by atoms with van der Waals surface area (Å²) in [6.07, 6.45) is 0. The van der Waals surface area contributed by atoms with Crippen molar-refractivity contribution in [3.63, 3.8) is 0 Å². The number of nitrogens with zero attached hydrogens (tertiary/aromatic N) is 1. The van der Waals surface area contributed by atoms with E-state index in [4.69, 9.17) is 21.1 Å². The smallest absolute Gasteiger partial charge is 0.351 e. The van der Waals surface area contributed by atoms with E-state index in [1.54, 1.807) is 32.4 Å². The molecule has 0 aliphatic heterocycles. The van der Waals surface area contributed by atoms with Crippen molar-refractivity contribution in [3.8, 4) is 22.1 Å². The minimum atomic E-state index is -0.513. The van der Waals surface area contributed by atoms with Crippen LogP contribution < -0.4 is 9.47 Å². The Balaban J connectivity index is 2.53. The fourth-order valence-electron chi connectivity index (χ4n) is 1.62. The summed E-state index contributed by atoms with van der Waals surface area (Å²) in [7, 11) is 4.42. The number of halogens is 1. The van der Waals surface area contributed by atoms with E-state index in [0.717, 1.165) is 11.3 Å². The summed E-state index contributed by atoms with van der Waals surface area (Å²) in [5.74, 6) is 0.764. The fourth-order valence-corrected chi connectivity index (χ4v) is 2.84. The molecule has 0 amide bonds. The van der Waals surface area contributed by atoms with Crippen molar-refractivity contribution in [2.45, 2.75) is 0 Å². The van der Waals surface area contributed by atoms with Gasteiger partial charge in [0, 0.05) is 0 Å². The summed E-state index contributed by atoms with van der Waals surface area (Å²) in [4.78, 5) is 16.0. The maximum atomic E-state index is 11.6. The molecular weight excluding hydrogens is 302 g/mol. The van der Waals surface area contributed by atoms with Crippen LogP contribution in [0, 0.1) is 0 Å². The molecule has 0 bridgehead atoms. The number of benzene rings is 1. The Labute approximate surface area is 125 Å². The van der Waals surface area contributed by atoms with E-state index < -0.39 is 5.97 Å². The fraction of sp³-hybridized carbons (Fsp3) is 0.231. The van der Waals surface area contributed by atoms with Gasteiger partial charge in [0.15, 0.2) is 10.0 Å². The Hall–Kier alpha value is -1.79. The lowest BCUT2D eigenvalue weighted by Crippen LogP contribution is -1.98. The summed E-state index contributed by atoms with van der Waals surface area (Å²) < 4.78 is 15.1. The molecule has 0 saturated heterocycles. The highest BCUT2D eigenvalue weighted by Crippen LogP contribution is 2.38. The zero-order chi connectivity index (χ0) is 14.7. The zero-order valence-electron chi connectivity index (χ0n) is 11.1. The van der Waals surface area contributed by atoms with Gasteiger partial charge in [-0.15, -0.1) is 11.3 Å². The van der Waals surface area contributed by atoms with E-state index in [2.05, 4.69) is 9.72 Å². The van der Waals surface area contributed by atoms with Gasteiger partial charge in [-0.2, -0.15) is 0 Å². The van der Waals surface area contributed by atoms with Gasteiger partial charge in [-0.25, -0.2) is 9.78 Å². The maximum absolute atomic E-state index is 11.6. The van der Waals surface area contributed by atoms with Crippen molar-refractivity contribution in [1.82, 2.24) is 4.98 Å². The molecule has 1 heterocycles. The number of hydrogen-bond donors (Lipinski definition) is 0. The zero-order valence-corrected chi connectivity index (χ0v) is 12.7. The number of rotatable bonds is 4. The molecule has 0 aliphatic carbocycles. The third-order valence-corrected chi connectivity index (χ3v) is 4.05. The molecule has 2 rings (SSSR count). The van der Waals surface area contributed by atoms with Crippen molar-refractivity contribution in [2.24, 2.45) is 0 Å². The molecule has 0 unspecified atom stereocenters. The van der Waals surface area contributed by atoms with E-state index in [-0.39, 0.29) is 10.0 Å². The van der Waals surface area contributed by atoms with E-state index in [1.165, 1.54) is 7.11 Å². The summed E-state index contributed by atoms with van der Waals surface area (Å²) in [5, 5.41) is 0.674. The number of methoxy groups -OCH3 is 3. The van der Waals surface area contributed by atoms with Gasteiger partial charge in [0.25, 0.3) is 0 Å². The molecule has 2 aromatic rings. The Bertz CT molecular complexity index is 641. The average Bonchev–Trinajstić information content (AvgIpc) is 2.87. The second kappa shape index (κ2) is 6.11. The largest absolute Gasteiger partial charge is 0.497 e. The number of carbonyl (C=O) groups excluding carboxylic acids is 1. The summed E-state index contributed by atoms with van der Waals surface area (Å²) in [6.45, 7) is 0. The van der Waals surface area contributed by atoms with Crippen LogP contribution in [0.25, 0.3) is 10.6 Å². The van der Waals surface area contributed by atoms with Gasteiger partial charge in [0.1, 0.15) is 16.5 Å². The normalized spacial score (nSPS) is 10.2. The predicted octanol–water partition coefficient (Wildman–Crippen LogP) is 3.27. The van der Waals surface area contributed by atoms with Gasteiger partial charge in [-0.05, 0) is 18.2 Å². The van der Waals surface area contributed by atoms with Crippen LogP contribution in [0.1, 0.15) is 9.67 Å². The molecule has 0 atom stereocenters. The molecule has 0 spiro atoms. The second-order valence-corrected chi connectivity index (χ2v) is 5.05. The molecule has 1 aromatic carbocycles. The van der Waals surface area contributed by atoms with Gasteiger partial charge in [-0.3, -0.25) is 0 Å². The van der Waals surface area contributed by atoms with Gasteiger partial charge < -0.3 is 14.2 Å². The number of hydrogen-bond acceptors (Lipinski definition) is 6. The molecule has 0 radical (unpaired) electrons. The first kappa shape index (κ1) is 14.6. The number of carbonyl (C=O) groups is 1. The first-order valence-electron chi connectivity index (χ1n) is 5.57. The van der Waals surface area contributed by atoms with Crippen LogP contribution in [0.15, 0.2) is 18.2 Å². The maximum Gasteiger partial charge on any atom is 0.351 e. The molecule has 0 aliphatic rings. The molecular formula is C13H12ClNO4S. The van der Waals surface area contributed by atoms with Crippen LogP contribution in [0.5, 0.6) is 11.5 Å². The van der Waals surface area contributed by atoms with Crippen molar-refractivity contribution in [2.75, 3.05) is 21.3 Å². The highest BCUT2D eigenvalue weighted by Gasteiger charge is 2.20. The van der Waals surface area contributed by atoms with Crippen LogP contribution >= 0.6 is 22.9 Å². The first-order chi connectivity index (χ1) is 9.60. The Morgan fingerprint density at radius 2 is 2.00 bits per heavy atom. The lowest BCUT2D eigenvalue weighted by Gasteiger charge is -2.07. The average molecular weight is 314 g/mol. The summed E-state index contributed by atoms with van der Waals surface area (Å²) in [5.41, 5.74) is 0.703. The highest BCUT2D eigenvalue weighted by molar-refractivity contribution is 7.17. The molecule has 0 saturated carbocycles. The third-order valence-electron chi connectivity index (χ3n) is 2.59. The third kappa shape index (κ3) is 2.71.